The summed E-state index contributed by atoms with van der Waals surface area (Å²) in [7, 11) is 0. The molecule has 6 heteroatoms. The Kier molecular flexibility index (Phi) is 8.59. The summed E-state index contributed by atoms with van der Waals surface area (Å²) in [5, 5.41) is 6.63. The first-order valence-corrected chi connectivity index (χ1v) is 9.89. The minimum Gasteiger partial charge on any atom is -0.350 e. The van der Waals surface area contributed by atoms with Crippen LogP contribution in [0.25, 0.3) is 10.9 Å². The maximum absolute atomic E-state index is 12.5. The Morgan fingerprint density at radius 2 is 1.89 bits per heavy atom. The quantitative estimate of drug-likeness (QED) is 0.583. The lowest BCUT2D eigenvalue weighted by Crippen LogP contribution is -2.45. The van der Waals surface area contributed by atoms with Gasteiger partial charge in [0.1, 0.15) is 11.8 Å². The number of amides is 2. The Bertz CT molecular complexity index is 820. The van der Waals surface area contributed by atoms with Crippen LogP contribution in [0.4, 0.5) is 0 Å². The molecule has 2 amide bonds. The molecule has 2 rings (SSSR count). The highest BCUT2D eigenvalue weighted by Crippen LogP contribution is 2.13. The van der Waals surface area contributed by atoms with E-state index in [1.54, 1.807) is 6.20 Å². The van der Waals surface area contributed by atoms with E-state index >= 15 is 0 Å². The normalized spacial score (nSPS) is 11.8. The highest BCUT2D eigenvalue weighted by atomic mass is 16.2. The Morgan fingerprint density at radius 1 is 1.11 bits per heavy atom. The van der Waals surface area contributed by atoms with Crippen LogP contribution in [0.15, 0.2) is 36.5 Å². The molecule has 2 N–H and O–H groups in total. The van der Waals surface area contributed by atoms with Gasteiger partial charge in [-0.05, 0) is 30.5 Å². The fourth-order valence-electron chi connectivity index (χ4n) is 3.06. The van der Waals surface area contributed by atoms with Crippen LogP contribution in [-0.2, 0) is 20.9 Å². The van der Waals surface area contributed by atoms with Gasteiger partial charge in [-0.15, -0.1) is 0 Å². The maximum atomic E-state index is 12.5. The van der Waals surface area contributed by atoms with E-state index in [9.17, 15) is 14.4 Å². The van der Waals surface area contributed by atoms with E-state index in [2.05, 4.69) is 15.6 Å². The standard InChI is InChI=1S/C22H29N3O3/c1-3-19(27)10-5-4-6-12-21(25-16(2)26)22(28)24-15-17-13-18-9-7-8-11-20(18)23-14-17/h7-9,11,13-14,21H,3-6,10,12,15H2,1-2H3,(H,24,28)(H,25,26). The molecule has 6 nitrogen and oxygen atoms in total. The van der Waals surface area contributed by atoms with E-state index in [0.29, 0.717) is 25.8 Å². The molecule has 0 radical (unpaired) electrons. The highest BCUT2D eigenvalue weighted by Gasteiger charge is 2.18. The topological polar surface area (TPSA) is 88.2 Å². The number of carbonyl (C=O) groups excluding carboxylic acids is 3. The van der Waals surface area contributed by atoms with Gasteiger partial charge in [0.25, 0.3) is 0 Å². The number of nitrogens with zero attached hydrogens (tertiary/aromatic N) is 1. The molecule has 1 heterocycles. The highest BCUT2D eigenvalue weighted by molar-refractivity contribution is 5.87. The lowest BCUT2D eigenvalue weighted by Gasteiger charge is -2.17. The number of ketones is 1. The van der Waals surface area contributed by atoms with E-state index < -0.39 is 6.04 Å². The van der Waals surface area contributed by atoms with Crippen LogP contribution in [0, 0.1) is 0 Å². The number of benzene rings is 1. The van der Waals surface area contributed by atoms with E-state index in [1.807, 2.05) is 37.3 Å². The Labute approximate surface area is 166 Å². The number of hydrogen-bond donors (Lipinski definition) is 2. The molecule has 1 aromatic heterocycles. The molecule has 150 valence electrons. The van der Waals surface area contributed by atoms with Gasteiger partial charge >= 0.3 is 0 Å². The van der Waals surface area contributed by atoms with Gasteiger partial charge in [0.05, 0.1) is 5.52 Å². The van der Waals surface area contributed by atoms with Gasteiger partial charge in [0, 0.05) is 37.9 Å². The lowest BCUT2D eigenvalue weighted by molar-refractivity contribution is -0.128. The number of nitrogens with one attached hydrogen (secondary N) is 2. The van der Waals surface area contributed by atoms with Gasteiger partial charge in [-0.1, -0.05) is 38.0 Å². The van der Waals surface area contributed by atoms with Crippen molar-refractivity contribution in [2.75, 3.05) is 0 Å². The molecular formula is C22H29N3O3. The number of para-hydroxylation sites is 1. The summed E-state index contributed by atoms with van der Waals surface area (Å²) in [5.41, 5.74) is 1.82. The third kappa shape index (κ3) is 7.10. The minimum absolute atomic E-state index is 0.201. The molecule has 1 atom stereocenters. The zero-order chi connectivity index (χ0) is 20.4. The second kappa shape index (κ2) is 11.2. The molecule has 0 aliphatic carbocycles. The van der Waals surface area contributed by atoms with Crippen molar-refractivity contribution in [1.29, 1.82) is 0 Å². The van der Waals surface area contributed by atoms with E-state index in [1.165, 1.54) is 6.92 Å². The first-order valence-electron chi connectivity index (χ1n) is 9.89. The van der Waals surface area contributed by atoms with Crippen LogP contribution in [-0.4, -0.2) is 28.6 Å². The van der Waals surface area contributed by atoms with Gasteiger partial charge in [0.2, 0.25) is 11.8 Å². The van der Waals surface area contributed by atoms with Crippen molar-refractivity contribution >= 4 is 28.5 Å². The van der Waals surface area contributed by atoms with Crippen LogP contribution in [0.2, 0.25) is 0 Å². The van der Waals surface area contributed by atoms with Crippen LogP contribution < -0.4 is 10.6 Å². The number of aromatic nitrogens is 1. The van der Waals surface area contributed by atoms with Crippen LogP contribution in [0.5, 0.6) is 0 Å². The molecule has 0 saturated carbocycles. The van der Waals surface area contributed by atoms with Gasteiger partial charge in [-0.25, -0.2) is 0 Å². The number of carbonyl (C=O) groups is 3. The number of pyridine rings is 1. The minimum atomic E-state index is -0.562. The summed E-state index contributed by atoms with van der Waals surface area (Å²) >= 11 is 0. The predicted octanol–water partition coefficient (Wildman–Crippen LogP) is 3.29. The van der Waals surface area contributed by atoms with Crippen molar-refractivity contribution in [1.82, 2.24) is 15.6 Å². The first kappa shape index (κ1) is 21.5. The van der Waals surface area contributed by atoms with Gasteiger partial charge in [-0.2, -0.15) is 0 Å². The van der Waals surface area contributed by atoms with E-state index in [0.717, 1.165) is 35.7 Å². The number of Topliss-reactive ketones (excluding diaryl/α,β-unsaturated/α-hetero) is 1. The summed E-state index contributed by atoms with van der Waals surface area (Å²) in [6, 6.07) is 9.25. The zero-order valence-electron chi connectivity index (χ0n) is 16.7. The Morgan fingerprint density at radius 3 is 2.64 bits per heavy atom. The first-order chi connectivity index (χ1) is 13.5. The van der Waals surface area contributed by atoms with Gasteiger partial charge in [0.15, 0.2) is 0 Å². The van der Waals surface area contributed by atoms with Crippen molar-refractivity contribution in [3.8, 4) is 0 Å². The fourth-order valence-corrected chi connectivity index (χ4v) is 3.06. The van der Waals surface area contributed by atoms with Crippen molar-refractivity contribution in [2.24, 2.45) is 0 Å². The third-order valence-corrected chi connectivity index (χ3v) is 4.65. The molecule has 0 fully saturated rings. The summed E-state index contributed by atoms with van der Waals surface area (Å²) < 4.78 is 0. The zero-order valence-corrected chi connectivity index (χ0v) is 16.7. The molecule has 0 aliphatic rings. The largest absolute Gasteiger partial charge is 0.350 e. The smallest absolute Gasteiger partial charge is 0.242 e. The molecule has 0 spiro atoms. The molecule has 1 aromatic carbocycles. The summed E-state index contributed by atoms with van der Waals surface area (Å²) in [6.07, 6.45) is 5.94. The van der Waals surface area contributed by atoms with Gasteiger partial charge in [-0.3, -0.25) is 19.4 Å². The maximum Gasteiger partial charge on any atom is 0.242 e. The number of fused-ring (bicyclic) bond motifs is 1. The molecule has 0 aliphatic heterocycles. The van der Waals surface area contributed by atoms with Crippen molar-refractivity contribution in [3.05, 3.63) is 42.1 Å². The predicted molar refractivity (Wildman–Crippen MR) is 110 cm³/mol. The van der Waals surface area contributed by atoms with E-state index in [-0.39, 0.29) is 17.6 Å². The van der Waals surface area contributed by atoms with Crippen LogP contribution >= 0.6 is 0 Å². The SMILES string of the molecule is CCC(=O)CCCCCC(NC(C)=O)C(=O)NCc1cnc2ccccc2c1. The summed E-state index contributed by atoms with van der Waals surface area (Å²) in [5.74, 6) is -0.165. The van der Waals surface area contributed by atoms with E-state index in [4.69, 9.17) is 0 Å². The van der Waals surface area contributed by atoms with Crippen molar-refractivity contribution < 1.29 is 14.4 Å². The third-order valence-electron chi connectivity index (χ3n) is 4.65. The summed E-state index contributed by atoms with van der Waals surface area (Å²) in [4.78, 5) is 39.7. The second-order valence-electron chi connectivity index (χ2n) is 7.00. The van der Waals surface area contributed by atoms with Crippen LogP contribution in [0.1, 0.15) is 57.9 Å². The molecule has 1 unspecified atom stereocenters. The molecule has 0 bridgehead atoms. The monoisotopic (exact) mass is 383 g/mol. The average Bonchev–Trinajstić information content (AvgIpc) is 2.70. The molecule has 28 heavy (non-hydrogen) atoms. The van der Waals surface area contributed by atoms with Crippen molar-refractivity contribution in [3.63, 3.8) is 0 Å². The lowest BCUT2D eigenvalue weighted by atomic mass is 10.0. The average molecular weight is 383 g/mol. The second-order valence-corrected chi connectivity index (χ2v) is 7.00. The van der Waals surface area contributed by atoms with Crippen LogP contribution in [0.3, 0.4) is 0 Å². The Hall–Kier alpha value is -2.76. The van der Waals surface area contributed by atoms with Crippen molar-refractivity contribution in [2.45, 2.75) is 65.0 Å². The molecule has 0 saturated heterocycles. The van der Waals surface area contributed by atoms with Gasteiger partial charge < -0.3 is 10.6 Å². The summed E-state index contributed by atoms with van der Waals surface area (Å²) in [6.45, 7) is 3.63. The Balaban J connectivity index is 1.85. The number of rotatable bonds is 11. The molecular weight excluding hydrogens is 354 g/mol. The number of hydrogen-bond acceptors (Lipinski definition) is 4. The fraction of sp³-hybridized carbons (Fsp3) is 0.455. The number of unbranched alkanes of at least 4 members (excludes halogenated alkanes) is 2. The molecule has 2 aromatic rings.